The zero-order valence-electron chi connectivity index (χ0n) is 10.2. The van der Waals surface area contributed by atoms with E-state index in [1.807, 2.05) is 34.9 Å². The second kappa shape index (κ2) is 3.84. The molecule has 1 aromatic carbocycles. The number of hydrogen-bond acceptors (Lipinski definition) is 3. The van der Waals surface area contributed by atoms with Crippen LogP contribution in [0.4, 0.5) is 0 Å². The first-order valence-corrected chi connectivity index (χ1v) is 5.65. The molecule has 0 fully saturated rings. The average molecular weight is 240 g/mol. The first-order chi connectivity index (χ1) is 8.69. The molecule has 0 spiro atoms. The average Bonchev–Trinajstić information content (AvgIpc) is 2.82. The summed E-state index contributed by atoms with van der Waals surface area (Å²) in [7, 11) is 1.64. The van der Waals surface area contributed by atoms with E-state index in [1.54, 1.807) is 13.3 Å². The van der Waals surface area contributed by atoms with Crippen molar-refractivity contribution in [1.29, 1.82) is 0 Å². The van der Waals surface area contributed by atoms with Crippen LogP contribution in [0.1, 0.15) is 17.4 Å². The van der Waals surface area contributed by atoms with E-state index in [9.17, 15) is 4.79 Å². The van der Waals surface area contributed by atoms with Crippen LogP contribution in [0.5, 0.6) is 5.75 Å². The number of ketones is 1. The summed E-state index contributed by atoms with van der Waals surface area (Å²) in [4.78, 5) is 15.7. The maximum atomic E-state index is 11.4. The van der Waals surface area contributed by atoms with E-state index in [0.717, 1.165) is 22.2 Å². The number of methoxy groups -OCH3 is 1. The molecule has 90 valence electrons. The van der Waals surface area contributed by atoms with Gasteiger partial charge < -0.3 is 9.14 Å². The van der Waals surface area contributed by atoms with E-state index >= 15 is 0 Å². The highest BCUT2D eigenvalue weighted by atomic mass is 16.5. The van der Waals surface area contributed by atoms with Crippen molar-refractivity contribution in [3.8, 4) is 5.75 Å². The molecule has 0 amide bonds. The van der Waals surface area contributed by atoms with Gasteiger partial charge in [0.25, 0.3) is 0 Å². The number of hydrogen-bond donors (Lipinski definition) is 0. The smallest absolute Gasteiger partial charge is 0.179 e. The van der Waals surface area contributed by atoms with Crippen LogP contribution < -0.4 is 4.74 Å². The monoisotopic (exact) mass is 240 g/mol. The summed E-state index contributed by atoms with van der Waals surface area (Å²) in [6, 6.07) is 7.79. The molecule has 4 heteroatoms. The number of fused-ring (bicyclic) bond motifs is 3. The highest BCUT2D eigenvalue weighted by Crippen LogP contribution is 2.24. The predicted octanol–water partition coefficient (Wildman–Crippen LogP) is 2.70. The van der Waals surface area contributed by atoms with Gasteiger partial charge in [0.1, 0.15) is 17.1 Å². The molecule has 3 rings (SSSR count). The number of carbonyl (C=O) groups excluding carboxylic acids is 1. The van der Waals surface area contributed by atoms with Crippen LogP contribution in [-0.2, 0) is 0 Å². The first kappa shape index (κ1) is 10.8. The lowest BCUT2D eigenvalue weighted by Gasteiger charge is -2.03. The van der Waals surface area contributed by atoms with Crippen molar-refractivity contribution in [1.82, 2.24) is 9.38 Å². The van der Waals surface area contributed by atoms with Crippen LogP contribution in [0.25, 0.3) is 16.4 Å². The van der Waals surface area contributed by atoms with E-state index in [1.165, 1.54) is 6.92 Å². The van der Waals surface area contributed by atoms with Crippen LogP contribution >= 0.6 is 0 Å². The molecule has 18 heavy (non-hydrogen) atoms. The minimum absolute atomic E-state index is 0.0274. The van der Waals surface area contributed by atoms with Crippen molar-refractivity contribution >= 4 is 22.2 Å². The van der Waals surface area contributed by atoms with Gasteiger partial charge >= 0.3 is 0 Å². The fourth-order valence-electron chi connectivity index (χ4n) is 2.05. The lowest BCUT2D eigenvalue weighted by atomic mass is 10.1. The molecule has 4 nitrogen and oxygen atoms in total. The molecule has 0 aliphatic rings. The highest BCUT2D eigenvalue weighted by molar-refractivity contribution is 5.98. The molecule has 0 atom stereocenters. The Morgan fingerprint density at radius 1 is 1.33 bits per heavy atom. The van der Waals surface area contributed by atoms with Gasteiger partial charge in [0, 0.05) is 24.7 Å². The topological polar surface area (TPSA) is 43.6 Å². The Balaban J connectivity index is 2.34. The van der Waals surface area contributed by atoms with Crippen LogP contribution in [0.2, 0.25) is 0 Å². The molecular weight excluding hydrogens is 228 g/mol. The molecule has 3 aromatic rings. The quantitative estimate of drug-likeness (QED) is 0.647. The molecule has 2 aromatic heterocycles. The molecule has 0 unspecified atom stereocenters. The predicted molar refractivity (Wildman–Crippen MR) is 69.3 cm³/mol. The molecule has 0 saturated heterocycles. The number of imidazole rings is 1. The van der Waals surface area contributed by atoms with Crippen molar-refractivity contribution in [2.24, 2.45) is 0 Å². The summed E-state index contributed by atoms with van der Waals surface area (Å²) in [5.41, 5.74) is 1.28. The molecule has 0 saturated carbocycles. The van der Waals surface area contributed by atoms with Gasteiger partial charge in [-0.05, 0) is 29.7 Å². The largest absolute Gasteiger partial charge is 0.497 e. The zero-order valence-corrected chi connectivity index (χ0v) is 10.2. The van der Waals surface area contributed by atoms with Crippen molar-refractivity contribution in [3.63, 3.8) is 0 Å². The minimum atomic E-state index is -0.0274. The number of benzene rings is 1. The van der Waals surface area contributed by atoms with Gasteiger partial charge in [-0.2, -0.15) is 0 Å². The molecule has 0 N–H and O–H groups in total. The lowest BCUT2D eigenvalue weighted by molar-refractivity contribution is 0.101. The molecule has 2 heterocycles. The van der Waals surface area contributed by atoms with Gasteiger partial charge in [-0.15, -0.1) is 0 Å². The van der Waals surface area contributed by atoms with Crippen LogP contribution in [0, 0.1) is 0 Å². The first-order valence-electron chi connectivity index (χ1n) is 5.65. The maximum absolute atomic E-state index is 11.4. The number of ether oxygens (including phenoxy) is 1. The lowest BCUT2D eigenvalue weighted by Crippen LogP contribution is -1.90. The van der Waals surface area contributed by atoms with Crippen molar-refractivity contribution in [2.75, 3.05) is 7.11 Å². The summed E-state index contributed by atoms with van der Waals surface area (Å²) < 4.78 is 7.06. The number of aromatic nitrogens is 2. The number of Topliss-reactive ketones (excluding diaryl/α,β-unsaturated/α-hetero) is 1. The Labute approximate surface area is 104 Å². The fraction of sp³-hybridized carbons (Fsp3) is 0.143. The van der Waals surface area contributed by atoms with E-state index in [2.05, 4.69) is 4.98 Å². The number of nitrogens with zero attached hydrogens (tertiary/aromatic N) is 2. The van der Waals surface area contributed by atoms with Gasteiger partial charge in [-0.1, -0.05) is 0 Å². The third kappa shape index (κ3) is 1.54. The summed E-state index contributed by atoms with van der Waals surface area (Å²) in [6.07, 6.45) is 3.65. The third-order valence-corrected chi connectivity index (χ3v) is 3.01. The van der Waals surface area contributed by atoms with E-state index in [-0.39, 0.29) is 5.78 Å². The zero-order chi connectivity index (χ0) is 12.7. The Bertz CT molecular complexity index is 759. The molecule has 0 aliphatic carbocycles. The van der Waals surface area contributed by atoms with Crippen LogP contribution in [0.3, 0.4) is 0 Å². The van der Waals surface area contributed by atoms with E-state index < -0.39 is 0 Å². The summed E-state index contributed by atoms with van der Waals surface area (Å²) in [5.74, 6) is 0.783. The Hall–Kier alpha value is -2.36. The van der Waals surface area contributed by atoms with Crippen LogP contribution in [0.15, 0.2) is 36.7 Å². The Morgan fingerprint density at radius 3 is 2.89 bits per heavy atom. The third-order valence-electron chi connectivity index (χ3n) is 3.01. The van der Waals surface area contributed by atoms with Crippen molar-refractivity contribution < 1.29 is 9.53 Å². The van der Waals surface area contributed by atoms with Gasteiger partial charge in [0.05, 0.1) is 7.11 Å². The standard InChI is InChI=1S/C14H12N2O2/c1-9(17)13-8-16-6-5-10-7-11(18-2)3-4-12(10)14(16)15-13/h3-8H,1-2H3. The second-order valence-corrected chi connectivity index (χ2v) is 4.18. The molecule has 0 radical (unpaired) electrons. The Morgan fingerprint density at radius 2 is 2.17 bits per heavy atom. The number of rotatable bonds is 2. The van der Waals surface area contributed by atoms with Crippen LogP contribution in [-0.4, -0.2) is 22.3 Å². The molecular formula is C14H12N2O2. The minimum Gasteiger partial charge on any atom is -0.497 e. The second-order valence-electron chi connectivity index (χ2n) is 4.18. The van der Waals surface area contributed by atoms with Gasteiger partial charge in [-0.25, -0.2) is 4.98 Å². The van der Waals surface area contributed by atoms with E-state index in [0.29, 0.717) is 5.69 Å². The SMILES string of the molecule is COc1ccc2c(ccn3cc(C(C)=O)nc23)c1. The highest BCUT2D eigenvalue weighted by Gasteiger charge is 2.08. The number of pyridine rings is 1. The fourth-order valence-corrected chi connectivity index (χ4v) is 2.05. The van der Waals surface area contributed by atoms with Crippen molar-refractivity contribution in [2.45, 2.75) is 6.92 Å². The van der Waals surface area contributed by atoms with Gasteiger partial charge in [0.15, 0.2) is 5.78 Å². The molecule has 0 aliphatic heterocycles. The summed E-state index contributed by atoms with van der Waals surface area (Å²) in [6.45, 7) is 1.52. The van der Waals surface area contributed by atoms with Gasteiger partial charge in [-0.3, -0.25) is 4.79 Å². The molecule has 0 bridgehead atoms. The Kier molecular flexibility index (Phi) is 2.30. The summed E-state index contributed by atoms with van der Waals surface area (Å²) in [5, 5.41) is 2.05. The van der Waals surface area contributed by atoms with E-state index in [4.69, 9.17) is 4.74 Å². The van der Waals surface area contributed by atoms with Gasteiger partial charge in [0.2, 0.25) is 0 Å². The maximum Gasteiger partial charge on any atom is 0.179 e. The normalized spacial score (nSPS) is 11.0. The summed E-state index contributed by atoms with van der Waals surface area (Å²) >= 11 is 0. The number of carbonyl (C=O) groups is 1. The van der Waals surface area contributed by atoms with Crippen molar-refractivity contribution in [3.05, 3.63) is 42.4 Å².